The summed E-state index contributed by atoms with van der Waals surface area (Å²) in [6, 6.07) is 32.7. The summed E-state index contributed by atoms with van der Waals surface area (Å²) in [5.41, 5.74) is 0. The Morgan fingerprint density at radius 2 is 1.14 bits per heavy atom. The van der Waals surface area contributed by atoms with Crippen molar-refractivity contribution in [2.24, 2.45) is 0 Å². The van der Waals surface area contributed by atoms with Crippen LogP contribution in [0.25, 0.3) is 0 Å². The van der Waals surface area contributed by atoms with E-state index in [2.05, 4.69) is 91.0 Å². The van der Waals surface area contributed by atoms with Crippen LogP contribution in [0.4, 0.5) is 0 Å². The summed E-state index contributed by atoms with van der Waals surface area (Å²) in [4.78, 5) is 19.5. The molecule has 28 heavy (non-hydrogen) atoms. The molecule has 3 aromatic rings. The Balaban J connectivity index is 0.000000266. The molecular formula is C23H26NO3P. The fourth-order valence-corrected chi connectivity index (χ4v) is 5.95. The molecule has 5 heteroatoms. The Bertz CT molecular complexity index is 747. The average molecular weight is 395 g/mol. The standard InChI is InChI=1S/C18H17P.C5H9NO3/c1-4-10-16(11-5-1)19(17-12-6-2-7-13-17)18-14-8-3-9-15-18;1-5(7)3-2-4-6(8)9/h1-15H,19H2;2-4H2,1H3. The van der Waals surface area contributed by atoms with Gasteiger partial charge in [-0.1, -0.05) is 0 Å². The van der Waals surface area contributed by atoms with Crippen molar-refractivity contribution >= 4 is 29.6 Å². The van der Waals surface area contributed by atoms with Gasteiger partial charge in [0.25, 0.3) is 0 Å². The molecule has 0 spiro atoms. The minimum absolute atomic E-state index is 0.0110. The van der Waals surface area contributed by atoms with Gasteiger partial charge >= 0.3 is 115 Å². The summed E-state index contributed by atoms with van der Waals surface area (Å²) >= 11 is 0. The van der Waals surface area contributed by atoms with Crippen molar-refractivity contribution in [3.05, 3.63) is 101 Å². The number of rotatable bonds is 7. The molecule has 4 nitrogen and oxygen atoms in total. The number of nitrogens with zero attached hydrogens (tertiary/aromatic N) is 1. The Morgan fingerprint density at radius 1 is 0.786 bits per heavy atom. The third-order valence-electron chi connectivity index (χ3n) is 4.27. The quantitative estimate of drug-likeness (QED) is 0.349. The third-order valence-corrected chi connectivity index (χ3v) is 7.42. The molecule has 0 saturated heterocycles. The van der Waals surface area contributed by atoms with Crippen molar-refractivity contribution in [2.45, 2.75) is 19.8 Å². The van der Waals surface area contributed by atoms with Crippen molar-refractivity contribution in [3.63, 3.8) is 0 Å². The first-order valence-corrected chi connectivity index (χ1v) is 11.1. The van der Waals surface area contributed by atoms with E-state index in [1.165, 1.54) is 22.8 Å². The van der Waals surface area contributed by atoms with Gasteiger partial charge in [-0.2, -0.15) is 0 Å². The van der Waals surface area contributed by atoms with E-state index in [-0.39, 0.29) is 12.3 Å². The van der Waals surface area contributed by atoms with Crippen molar-refractivity contribution in [3.8, 4) is 0 Å². The van der Waals surface area contributed by atoms with Crippen LogP contribution in [0, 0.1) is 10.1 Å². The SMILES string of the molecule is CC(=O)CCC[N+](=O)[O-].c1ccc([PH2](c2ccccc2)c2ccccc2)cc1. The molecule has 0 atom stereocenters. The number of nitro groups is 1. The zero-order valence-corrected chi connectivity index (χ0v) is 17.2. The van der Waals surface area contributed by atoms with E-state index in [4.69, 9.17) is 0 Å². The molecule has 146 valence electrons. The van der Waals surface area contributed by atoms with Crippen LogP contribution < -0.4 is 15.9 Å². The van der Waals surface area contributed by atoms with Gasteiger partial charge in [-0.15, -0.1) is 0 Å². The van der Waals surface area contributed by atoms with E-state index in [1.807, 2.05) is 0 Å². The predicted octanol–water partition coefficient (Wildman–Crippen LogP) is 3.54. The fourth-order valence-electron chi connectivity index (χ4n) is 2.97. The Hall–Kier alpha value is -2.84. The fraction of sp³-hybridized carbons (Fsp3) is 0.174. The Labute approximate surface area is 167 Å². The normalized spacial score (nSPS) is 10.4. The Morgan fingerprint density at radius 3 is 1.43 bits per heavy atom. The van der Waals surface area contributed by atoms with Gasteiger partial charge in [-0.25, -0.2) is 0 Å². The number of hydrogen-bond acceptors (Lipinski definition) is 3. The zero-order valence-electron chi connectivity index (χ0n) is 16.0. The van der Waals surface area contributed by atoms with Crippen molar-refractivity contribution in [2.75, 3.05) is 6.54 Å². The van der Waals surface area contributed by atoms with Crippen molar-refractivity contribution < 1.29 is 9.72 Å². The van der Waals surface area contributed by atoms with Gasteiger partial charge in [0.05, 0.1) is 0 Å². The summed E-state index contributed by atoms with van der Waals surface area (Å²) < 4.78 is 0. The van der Waals surface area contributed by atoms with Crippen LogP contribution in [-0.2, 0) is 4.79 Å². The van der Waals surface area contributed by atoms with Crippen LogP contribution in [-0.4, -0.2) is 17.3 Å². The molecule has 0 saturated carbocycles. The second-order valence-corrected chi connectivity index (χ2v) is 9.39. The molecule has 0 fully saturated rings. The van der Waals surface area contributed by atoms with Gasteiger partial charge in [0.1, 0.15) is 5.78 Å². The van der Waals surface area contributed by atoms with E-state index in [0.29, 0.717) is 12.8 Å². The molecule has 0 aromatic heterocycles. The molecule has 0 N–H and O–H groups in total. The van der Waals surface area contributed by atoms with Crippen LogP contribution in [0.2, 0.25) is 0 Å². The van der Waals surface area contributed by atoms with Gasteiger partial charge < -0.3 is 4.79 Å². The Kier molecular flexibility index (Phi) is 9.03. The number of Topliss-reactive ketones (excluding diaryl/α,β-unsaturated/α-hetero) is 1. The molecule has 0 bridgehead atoms. The number of hydrogen-bond donors (Lipinski definition) is 0. The van der Waals surface area contributed by atoms with Gasteiger partial charge in [0, 0.05) is 17.8 Å². The molecule has 0 aliphatic rings. The molecular weight excluding hydrogens is 369 g/mol. The monoisotopic (exact) mass is 395 g/mol. The molecule has 0 unspecified atom stereocenters. The van der Waals surface area contributed by atoms with Gasteiger partial charge in [0.2, 0.25) is 6.54 Å². The predicted molar refractivity (Wildman–Crippen MR) is 120 cm³/mol. The number of ketones is 1. The van der Waals surface area contributed by atoms with Crippen LogP contribution in [0.15, 0.2) is 91.0 Å². The molecule has 0 aliphatic carbocycles. The average Bonchev–Trinajstić information content (AvgIpc) is 2.71. The van der Waals surface area contributed by atoms with Crippen LogP contribution in [0.5, 0.6) is 0 Å². The summed E-state index contributed by atoms with van der Waals surface area (Å²) in [5, 5.41) is 14.1. The molecule has 0 aliphatic heterocycles. The second-order valence-electron chi connectivity index (χ2n) is 6.53. The maximum absolute atomic E-state index is 10.2. The van der Waals surface area contributed by atoms with Crippen LogP contribution in [0.1, 0.15) is 19.8 Å². The van der Waals surface area contributed by atoms with Crippen molar-refractivity contribution in [1.82, 2.24) is 0 Å². The molecule has 3 rings (SSSR count). The number of benzene rings is 3. The molecule has 0 amide bonds. The third kappa shape index (κ3) is 7.42. The van der Waals surface area contributed by atoms with Crippen LogP contribution >= 0.6 is 7.92 Å². The zero-order chi connectivity index (χ0) is 20.2. The number of carbonyl (C=O) groups excluding carboxylic acids is 1. The van der Waals surface area contributed by atoms with Gasteiger partial charge in [-0.3, -0.25) is 10.1 Å². The summed E-state index contributed by atoms with van der Waals surface area (Å²) in [7, 11) is -1.31. The van der Waals surface area contributed by atoms with E-state index in [1.54, 1.807) is 0 Å². The van der Waals surface area contributed by atoms with E-state index >= 15 is 0 Å². The first-order chi connectivity index (χ1) is 13.6. The van der Waals surface area contributed by atoms with E-state index < -0.39 is 12.8 Å². The first-order valence-electron chi connectivity index (χ1n) is 9.34. The molecule has 3 aromatic carbocycles. The first kappa shape index (κ1) is 21.5. The van der Waals surface area contributed by atoms with Crippen LogP contribution in [0.3, 0.4) is 0 Å². The summed E-state index contributed by atoms with van der Waals surface area (Å²) in [5.74, 6) is 0.0110. The van der Waals surface area contributed by atoms with E-state index in [9.17, 15) is 14.9 Å². The minimum atomic E-state index is -1.31. The molecule has 0 radical (unpaired) electrons. The summed E-state index contributed by atoms with van der Waals surface area (Å²) in [6.45, 7) is 1.33. The summed E-state index contributed by atoms with van der Waals surface area (Å²) in [6.07, 6.45) is 0.684. The number of carbonyl (C=O) groups is 1. The van der Waals surface area contributed by atoms with Gasteiger partial charge in [0.15, 0.2) is 0 Å². The maximum atomic E-state index is 10.2. The van der Waals surface area contributed by atoms with E-state index in [0.717, 1.165) is 0 Å². The topological polar surface area (TPSA) is 60.2 Å². The molecule has 0 heterocycles. The van der Waals surface area contributed by atoms with Crippen molar-refractivity contribution in [1.29, 1.82) is 0 Å². The van der Waals surface area contributed by atoms with Gasteiger partial charge in [-0.05, 0) is 6.92 Å². The second kappa shape index (κ2) is 11.8.